The molecule has 5 heteroatoms. The van der Waals surface area contributed by atoms with Crippen LogP contribution in [0.1, 0.15) is 34.1 Å². The lowest BCUT2D eigenvalue weighted by molar-refractivity contribution is 0.605. The van der Waals surface area contributed by atoms with Crippen LogP contribution in [0.4, 0.5) is 11.8 Å². The minimum atomic E-state index is 0.585. The van der Waals surface area contributed by atoms with Gasteiger partial charge in [0.1, 0.15) is 0 Å². The van der Waals surface area contributed by atoms with Gasteiger partial charge in [-0.1, -0.05) is 27.7 Å². The second kappa shape index (κ2) is 7.04. The van der Waals surface area contributed by atoms with Crippen LogP contribution >= 0.6 is 0 Å². The van der Waals surface area contributed by atoms with Crippen LogP contribution in [-0.4, -0.2) is 28.3 Å². The maximum absolute atomic E-state index is 4.35. The second-order valence-electron chi connectivity index (χ2n) is 5.05. The fourth-order valence-electron chi connectivity index (χ4n) is 1.24. The van der Waals surface area contributed by atoms with Crippen LogP contribution in [0.2, 0.25) is 0 Å². The van der Waals surface area contributed by atoms with Crippen LogP contribution in [0, 0.1) is 11.8 Å². The van der Waals surface area contributed by atoms with Crippen molar-refractivity contribution < 1.29 is 0 Å². The summed E-state index contributed by atoms with van der Waals surface area (Å²) in [5.74, 6) is 2.64. The van der Waals surface area contributed by atoms with Crippen molar-refractivity contribution in [2.75, 3.05) is 23.7 Å². The van der Waals surface area contributed by atoms with Gasteiger partial charge in [0.05, 0.1) is 6.20 Å². The summed E-state index contributed by atoms with van der Waals surface area (Å²) >= 11 is 0. The monoisotopic (exact) mass is 237 g/mol. The van der Waals surface area contributed by atoms with Gasteiger partial charge < -0.3 is 10.6 Å². The summed E-state index contributed by atoms with van der Waals surface area (Å²) in [6, 6.07) is 0. The molecule has 0 amide bonds. The Kier molecular flexibility index (Phi) is 5.66. The maximum atomic E-state index is 4.35. The molecule has 1 aromatic heterocycles. The average molecular weight is 237 g/mol. The van der Waals surface area contributed by atoms with E-state index in [1.165, 1.54) is 0 Å². The van der Waals surface area contributed by atoms with E-state index < -0.39 is 0 Å². The summed E-state index contributed by atoms with van der Waals surface area (Å²) in [6.07, 6.45) is 2.75. The van der Waals surface area contributed by atoms with Crippen molar-refractivity contribution >= 4 is 11.8 Å². The second-order valence-corrected chi connectivity index (χ2v) is 5.05. The van der Waals surface area contributed by atoms with Gasteiger partial charge in [-0.05, 0) is 18.3 Å². The third-order valence-electron chi connectivity index (χ3n) is 2.26. The van der Waals surface area contributed by atoms with E-state index in [2.05, 4.69) is 53.5 Å². The lowest BCUT2D eigenvalue weighted by atomic mass is 10.1. The van der Waals surface area contributed by atoms with E-state index in [0.29, 0.717) is 17.8 Å². The molecule has 96 valence electrons. The quantitative estimate of drug-likeness (QED) is 0.762. The van der Waals surface area contributed by atoms with Crippen molar-refractivity contribution in [3.05, 3.63) is 6.20 Å². The standard InChI is InChI=1S/C12H23N5/c1-9(2)5-6-13-12-16-11(8-15-17-12)14-7-10(3)4/h8-10H,5-7H2,1-4H3,(H2,13,14,16,17). The molecule has 0 bridgehead atoms. The number of aromatic nitrogens is 3. The third-order valence-corrected chi connectivity index (χ3v) is 2.26. The van der Waals surface area contributed by atoms with Gasteiger partial charge in [0.25, 0.3) is 0 Å². The lowest BCUT2D eigenvalue weighted by Crippen LogP contribution is -2.12. The normalized spacial score (nSPS) is 10.9. The molecule has 2 N–H and O–H groups in total. The zero-order chi connectivity index (χ0) is 12.7. The molecule has 0 aromatic carbocycles. The maximum Gasteiger partial charge on any atom is 0.244 e. The van der Waals surface area contributed by atoms with Crippen molar-refractivity contribution in [1.82, 2.24) is 15.2 Å². The third kappa shape index (κ3) is 6.04. The first kappa shape index (κ1) is 13.7. The summed E-state index contributed by atoms with van der Waals surface area (Å²) in [5.41, 5.74) is 0. The molecule has 17 heavy (non-hydrogen) atoms. The van der Waals surface area contributed by atoms with E-state index in [1.807, 2.05) is 0 Å². The molecule has 1 aromatic rings. The Hall–Kier alpha value is -1.39. The van der Waals surface area contributed by atoms with Gasteiger partial charge in [-0.15, -0.1) is 5.10 Å². The molecule has 0 aliphatic carbocycles. The molecule has 0 aliphatic rings. The van der Waals surface area contributed by atoms with Crippen LogP contribution in [0.15, 0.2) is 6.20 Å². The summed E-state index contributed by atoms with van der Waals surface area (Å²) in [7, 11) is 0. The molecule has 0 saturated heterocycles. The van der Waals surface area contributed by atoms with Crippen LogP contribution in [0.5, 0.6) is 0 Å². The zero-order valence-corrected chi connectivity index (χ0v) is 11.2. The highest BCUT2D eigenvalue weighted by Crippen LogP contribution is 2.06. The van der Waals surface area contributed by atoms with Crippen LogP contribution < -0.4 is 10.6 Å². The molecule has 0 spiro atoms. The van der Waals surface area contributed by atoms with Crippen LogP contribution in [-0.2, 0) is 0 Å². The molecule has 0 aliphatic heterocycles. The Morgan fingerprint density at radius 2 is 1.88 bits per heavy atom. The van der Waals surface area contributed by atoms with Gasteiger partial charge in [-0.3, -0.25) is 0 Å². The molecule has 0 radical (unpaired) electrons. The minimum Gasteiger partial charge on any atom is -0.368 e. The predicted molar refractivity (Wildman–Crippen MR) is 71.1 cm³/mol. The highest BCUT2D eigenvalue weighted by atomic mass is 15.3. The minimum absolute atomic E-state index is 0.585. The molecule has 5 nitrogen and oxygen atoms in total. The molecule has 0 fully saturated rings. The molecular weight excluding hydrogens is 214 g/mol. The highest BCUT2D eigenvalue weighted by molar-refractivity contribution is 5.36. The van der Waals surface area contributed by atoms with Gasteiger partial charge >= 0.3 is 0 Å². The van der Waals surface area contributed by atoms with E-state index in [9.17, 15) is 0 Å². The Balaban J connectivity index is 2.42. The number of hydrogen-bond donors (Lipinski definition) is 2. The van der Waals surface area contributed by atoms with Crippen molar-refractivity contribution in [2.45, 2.75) is 34.1 Å². The molecule has 0 atom stereocenters. The fraction of sp³-hybridized carbons (Fsp3) is 0.750. The number of anilines is 2. The van der Waals surface area contributed by atoms with Crippen molar-refractivity contribution in [3.63, 3.8) is 0 Å². The number of nitrogens with zero attached hydrogens (tertiary/aromatic N) is 3. The average Bonchev–Trinajstić information content (AvgIpc) is 2.26. The van der Waals surface area contributed by atoms with E-state index in [1.54, 1.807) is 6.20 Å². The largest absolute Gasteiger partial charge is 0.368 e. The predicted octanol–water partition coefficient (Wildman–Crippen LogP) is 2.40. The van der Waals surface area contributed by atoms with Crippen LogP contribution in [0.25, 0.3) is 0 Å². The Labute approximate surface area is 103 Å². The summed E-state index contributed by atoms with van der Waals surface area (Å²) in [6.45, 7) is 10.5. The number of hydrogen-bond acceptors (Lipinski definition) is 5. The van der Waals surface area contributed by atoms with Crippen molar-refractivity contribution in [2.24, 2.45) is 11.8 Å². The molecular formula is C12H23N5. The van der Waals surface area contributed by atoms with Gasteiger partial charge in [0.15, 0.2) is 5.82 Å². The first-order valence-electron chi connectivity index (χ1n) is 6.25. The first-order valence-corrected chi connectivity index (χ1v) is 6.25. The SMILES string of the molecule is CC(C)CCNc1nncc(NCC(C)C)n1. The van der Waals surface area contributed by atoms with E-state index in [4.69, 9.17) is 0 Å². The van der Waals surface area contributed by atoms with E-state index in [-0.39, 0.29) is 0 Å². The topological polar surface area (TPSA) is 62.7 Å². The highest BCUT2D eigenvalue weighted by Gasteiger charge is 2.01. The Bertz CT molecular complexity index is 324. The van der Waals surface area contributed by atoms with Gasteiger partial charge in [-0.25, -0.2) is 0 Å². The number of nitrogens with one attached hydrogen (secondary N) is 2. The van der Waals surface area contributed by atoms with Crippen LogP contribution in [0.3, 0.4) is 0 Å². The Morgan fingerprint density at radius 3 is 2.53 bits per heavy atom. The molecule has 1 rings (SSSR count). The smallest absolute Gasteiger partial charge is 0.244 e. The summed E-state index contributed by atoms with van der Waals surface area (Å²) in [5, 5.41) is 14.3. The van der Waals surface area contributed by atoms with E-state index >= 15 is 0 Å². The molecule has 0 unspecified atom stereocenters. The summed E-state index contributed by atoms with van der Waals surface area (Å²) in [4.78, 5) is 4.35. The van der Waals surface area contributed by atoms with Gasteiger partial charge in [-0.2, -0.15) is 10.1 Å². The van der Waals surface area contributed by atoms with E-state index in [0.717, 1.165) is 25.3 Å². The van der Waals surface area contributed by atoms with Gasteiger partial charge in [0.2, 0.25) is 5.95 Å². The summed E-state index contributed by atoms with van der Waals surface area (Å²) < 4.78 is 0. The van der Waals surface area contributed by atoms with Crippen molar-refractivity contribution in [1.29, 1.82) is 0 Å². The first-order chi connectivity index (χ1) is 8.08. The lowest BCUT2D eigenvalue weighted by Gasteiger charge is -2.09. The molecule has 0 saturated carbocycles. The Morgan fingerprint density at radius 1 is 1.12 bits per heavy atom. The zero-order valence-electron chi connectivity index (χ0n) is 11.2. The van der Waals surface area contributed by atoms with Gasteiger partial charge in [0, 0.05) is 13.1 Å². The number of rotatable bonds is 7. The molecule has 1 heterocycles. The fourth-order valence-corrected chi connectivity index (χ4v) is 1.24. The van der Waals surface area contributed by atoms with Crippen molar-refractivity contribution in [3.8, 4) is 0 Å².